The van der Waals surface area contributed by atoms with Crippen LogP contribution in [0.4, 0.5) is 4.39 Å². The van der Waals surface area contributed by atoms with Gasteiger partial charge in [-0.25, -0.2) is 9.37 Å². The summed E-state index contributed by atoms with van der Waals surface area (Å²) in [6.45, 7) is 0. The Morgan fingerprint density at radius 1 is 1.33 bits per heavy atom. The molecule has 0 aliphatic heterocycles. The van der Waals surface area contributed by atoms with Crippen LogP contribution in [0.15, 0.2) is 35.1 Å². The second-order valence-corrected chi connectivity index (χ2v) is 3.79. The molecule has 0 saturated carbocycles. The average Bonchev–Trinajstić information content (AvgIpc) is 2.53. The first-order chi connectivity index (χ1) is 7.16. The highest BCUT2D eigenvalue weighted by atomic mass is 79.9. The average molecular weight is 271 g/mol. The molecule has 78 valence electrons. The highest BCUT2D eigenvalue weighted by Crippen LogP contribution is 2.22. The van der Waals surface area contributed by atoms with E-state index in [4.69, 9.17) is 4.74 Å². The van der Waals surface area contributed by atoms with Gasteiger partial charge in [-0.05, 0) is 40.2 Å². The third-order valence-electron chi connectivity index (χ3n) is 1.91. The number of benzene rings is 1. The van der Waals surface area contributed by atoms with Gasteiger partial charge >= 0.3 is 6.01 Å². The monoisotopic (exact) mass is 270 g/mol. The minimum atomic E-state index is -0.289. The molecule has 2 rings (SSSR count). The largest absolute Gasteiger partial charge is 0.426 e. The fraction of sp³-hybridized carbons (Fsp3) is 0.100. The van der Waals surface area contributed by atoms with Crippen LogP contribution in [0.3, 0.4) is 0 Å². The van der Waals surface area contributed by atoms with Crippen molar-refractivity contribution in [3.63, 3.8) is 0 Å². The van der Waals surface area contributed by atoms with Crippen LogP contribution in [-0.2, 0) is 7.05 Å². The van der Waals surface area contributed by atoms with Gasteiger partial charge in [0.15, 0.2) is 0 Å². The number of aromatic nitrogens is 2. The number of imidazole rings is 1. The fourth-order valence-electron chi connectivity index (χ4n) is 1.08. The van der Waals surface area contributed by atoms with E-state index in [1.807, 2.05) is 7.05 Å². The van der Waals surface area contributed by atoms with Crippen molar-refractivity contribution >= 4 is 15.9 Å². The third-order valence-corrected chi connectivity index (χ3v) is 2.65. The zero-order valence-electron chi connectivity index (χ0n) is 7.95. The summed E-state index contributed by atoms with van der Waals surface area (Å²) in [6.07, 6.45) is 1.64. The summed E-state index contributed by atoms with van der Waals surface area (Å²) in [7, 11) is 1.82. The number of hydrogen-bond donors (Lipinski definition) is 0. The van der Waals surface area contributed by atoms with Gasteiger partial charge in [0.2, 0.25) is 0 Å². The van der Waals surface area contributed by atoms with Crippen molar-refractivity contribution in [3.05, 3.63) is 40.9 Å². The summed E-state index contributed by atoms with van der Waals surface area (Å²) in [4.78, 5) is 4.03. The third kappa shape index (κ3) is 2.18. The smallest absolute Gasteiger partial charge is 0.302 e. The van der Waals surface area contributed by atoms with Crippen LogP contribution < -0.4 is 4.74 Å². The van der Waals surface area contributed by atoms with Crippen LogP contribution in [0.2, 0.25) is 0 Å². The normalized spacial score (nSPS) is 10.3. The molecule has 2 aromatic rings. The van der Waals surface area contributed by atoms with E-state index in [2.05, 4.69) is 20.9 Å². The Hall–Kier alpha value is -1.36. The van der Waals surface area contributed by atoms with Crippen LogP contribution in [-0.4, -0.2) is 9.55 Å². The summed E-state index contributed by atoms with van der Waals surface area (Å²) >= 11 is 3.30. The first-order valence-electron chi connectivity index (χ1n) is 4.27. The van der Waals surface area contributed by atoms with Gasteiger partial charge in [-0.15, -0.1) is 0 Å². The number of nitrogens with zero attached hydrogens (tertiary/aromatic N) is 2. The molecule has 3 nitrogen and oxygen atoms in total. The van der Waals surface area contributed by atoms with Gasteiger partial charge < -0.3 is 4.74 Å². The van der Waals surface area contributed by atoms with Crippen molar-refractivity contribution in [1.82, 2.24) is 9.55 Å². The minimum Gasteiger partial charge on any atom is -0.426 e. The predicted molar refractivity (Wildman–Crippen MR) is 57.4 cm³/mol. The summed E-state index contributed by atoms with van der Waals surface area (Å²) < 4.78 is 20.6. The molecule has 0 N–H and O–H groups in total. The molecule has 0 aliphatic carbocycles. The topological polar surface area (TPSA) is 27.1 Å². The lowest BCUT2D eigenvalue weighted by Crippen LogP contribution is -1.94. The molecular weight excluding hydrogens is 263 g/mol. The summed E-state index contributed by atoms with van der Waals surface area (Å²) in [5.74, 6) is 0.265. The SMILES string of the molecule is Cn1c(Br)cnc1Oc1ccc(F)cc1. The van der Waals surface area contributed by atoms with Crippen molar-refractivity contribution < 1.29 is 9.13 Å². The summed E-state index contributed by atoms with van der Waals surface area (Å²) in [5, 5.41) is 0. The molecule has 1 heterocycles. The Labute approximate surface area is 94.6 Å². The van der Waals surface area contributed by atoms with Crippen molar-refractivity contribution in [3.8, 4) is 11.8 Å². The maximum atomic E-state index is 12.6. The predicted octanol–water partition coefficient (Wildman–Crippen LogP) is 3.11. The molecule has 0 radical (unpaired) electrons. The molecule has 0 aliphatic rings. The summed E-state index contributed by atoms with van der Waals surface area (Å²) in [5.41, 5.74) is 0. The van der Waals surface area contributed by atoms with E-state index in [9.17, 15) is 4.39 Å². The van der Waals surface area contributed by atoms with E-state index in [1.54, 1.807) is 22.9 Å². The zero-order valence-corrected chi connectivity index (χ0v) is 9.53. The molecular formula is C10H8BrFN2O. The lowest BCUT2D eigenvalue weighted by molar-refractivity contribution is 0.422. The van der Waals surface area contributed by atoms with E-state index in [1.165, 1.54) is 12.1 Å². The molecule has 0 saturated heterocycles. The van der Waals surface area contributed by atoms with E-state index in [0.717, 1.165) is 4.60 Å². The van der Waals surface area contributed by atoms with Crippen LogP contribution in [0, 0.1) is 5.82 Å². The first kappa shape index (κ1) is 10.2. The van der Waals surface area contributed by atoms with Crippen molar-refractivity contribution in [1.29, 1.82) is 0 Å². The summed E-state index contributed by atoms with van der Waals surface area (Å²) in [6, 6.07) is 6.24. The van der Waals surface area contributed by atoms with Crippen LogP contribution in [0.1, 0.15) is 0 Å². The van der Waals surface area contributed by atoms with Crippen LogP contribution >= 0.6 is 15.9 Å². The Kier molecular flexibility index (Phi) is 2.73. The molecule has 0 spiro atoms. The van der Waals surface area contributed by atoms with Crippen LogP contribution in [0.25, 0.3) is 0 Å². The van der Waals surface area contributed by atoms with Gasteiger partial charge in [-0.3, -0.25) is 4.57 Å². The Balaban J connectivity index is 2.22. The van der Waals surface area contributed by atoms with Crippen molar-refractivity contribution in [2.75, 3.05) is 0 Å². The maximum absolute atomic E-state index is 12.6. The highest BCUT2D eigenvalue weighted by Gasteiger charge is 2.06. The maximum Gasteiger partial charge on any atom is 0.302 e. The molecule has 15 heavy (non-hydrogen) atoms. The molecule has 0 amide bonds. The number of rotatable bonds is 2. The molecule has 0 bridgehead atoms. The van der Waals surface area contributed by atoms with E-state index < -0.39 is 0 Å². The van der Waals surface area contributed by atoms with Gasteiger partial charge in [0.1, 0.15) is 16.2 Å². The fourth-order valence-corrected chi connectivity index (χ4v) is 1.33. The molecule has 1 aromatic carbocycles. The van der Waals surface area contributed by atoms with Crippen LogP contribution in [0.5, 0.6) is 11.8 Å². The molecule has 1 aromatic heterocycles. The van der Waals surface area contributed by atoms with Gasteiger partial charge in [-0.1, -0.05) is 0 Å². The lowest BCUT2D eigenvalue weighted by Gasteiger charge is -2.04. The second-order valence-electron chi connectivity index (χ2n) is 2.98. The number of ether oxygens (including phenoxy) is 1. The minimum absolute atomic E-state index is 0.289. The lowest BCUT2D eigenvalue weighted by atomic mass is 10.3. The van der Waals surface area contributed by atoms with E-state index in [-0.39, 0.29) is 5.82 Å². The van der Waals surface area contributed by atoms with Gasteiger partial charge in [0, 0.05) is 7.05 Å². The van der Waals surface area contributed by atoms with E-state index >= 15 is 0 Å². The zero-order chi connectivity index (χ0) is 10.8. The molecule has 0 fully saturated rings. The highest BCUT2D eigenvalue weighted by molar-refractivity contribution is 9.10. The number of halogens is 2. The Morgan fingerprint density at radius 3 is 2.53 bits per heavy atom. The van der Waals surface area contributed by atoms with Gasteiger partial charge in [0.25, 0.3) is 0 Å². The number of hydrogen-bond acceptors (Lipinski definition) is 2. The first-order valence-corrected chi connectivity index (χ1v) is 5.07. The van der Waals surface area contributed by atoms with Gasteiger partial charge in [0.05, 0.1) is 6.20 Å². The molecule has 5 heteroatoms. The van der Waals surface area contributed by atoms with Crippen molar-refractivity contribution in [2.45, 2.75) is 0 Å². The molecule has 0 unspecified atom stereocenters. The quantitative estimate of drug-likeness (QED) is 0.839. The standard InChI is InChI=1S/C10H8BrFN2O/c1-14-9(11)6-13-10(14)15-8-4-2-7(12)3-5-8/h2-6H,1H3. The molecule has 0 atom stereocenters. The van der Waals surface area contributed by atoms with E-state index in [0.29, 0.717) is 11.8 Å². The van der Waals surface area contributed by atoms with Crippen molar-refractivity contribution in [2.24, 2.45) is 7.05 Å². The van der Waals surface area contributed by atoms with Gasteiger partial charge in [-0.2, -0.15) is 0 Å². The second kappa shape index (κ2) is 4.02. The Bertz CT molecular complexity index is 467. The Morgan fingerprint density at radius 2 is 2.00 bits per heavy atom.